The van der Waals surface area contributed by atoms with Crippen LogP contribution in [0.4, 0.5) is 11.8 Å². The van der Waals surface area contributed by atoms with Gasteiger partial charge in [-0.05, 0) is 12.8 Å². The van der Waals surface area contributed by atoms with E-state index < -0.39 is 0 Å². The number of nitrogens with zero attached hydrogens (tertiary/aromatic N) is 2. The van der Waals surface area contributed by atoms with E-state index in [-0.39, 0.29) is 12.5 Å². The molecule has 0 aliphatic rings. The smallest absolute Gasteiger partial charge is 0.239 e. The Morgan fingerprint density at radius 1 is 1.44 bits per heavy atom. The summed E-state index contributed by atoms with van der Waals surface area (Å²) in [5.74, 6) is 1.62. The Morgan fingerprint density at radius 3 is 2.78 bits per heavy atom. The van der Waals surface area contributed by atoms with E-state index in [0.29, 0.717) is 24.2 Å². The van der Waals surface area contributed by atoms with Crippen LogP contribution in [0, 0.1) is 12.8 Å². The summed E-state index contributed by atoms with van der Waals surface area (Å²) in [5.41, 5.74) is 0.908. The Hall–Kier alpha value is -1.85. The van der Waals surface area contributed by atoms with E-state index in [0.717, 1.165) is 5.56 Å². The van der Waals surface area contributed by atoms with Crippen molar-refractivity contribution in [3.05, 3.63) is 11.8 Å². The highest BCUT2D eigenvalue weighted by Crippen LogP contribution is 2.11. The van der Waals surface area contributed by atoms with Crippen molar-refractivity contribution in [1.29, 1.82) is 0 Å². The summed E-state index contributed by atoms with van der Waals surface area (Å²) in [4.78, 5) is 19.9. The monoisotopic (exact) mass is 251 g/mol. The average molecular weight is 251 g/mol. The van der Waals surface area contributed by atoms with Crippen molar-refractivity contribution in [3.63, 3.8) is 0 Å². The van der Waals surface area contributed by atoms with Gasteiger partial charge in [0.05, 0.1) is 6.54 Å². The third-order valence-electron chi connectivity index (χ3n) is 2.32. The Labute approximate surface area is 108 Å². The van der Waals surface area contributed by atoms with Gasteiger partial charge < -0.3 is 16.0 Å². The molecule has 0 aliphatic heterocycles. The minimum absolute atomic E-state index is 0.0345. The van der Waals surface area contributed by atoms with E-state index in [1.807, 2.05) is 6.92 Å². The highest BCUT2D eigenvalue weighted by molar-refractivity contribution is 5.80. The van der Waals surface area contributed by atoms with Gasteiger partial charge in [0, 0.05) is 25.4 Å². The third kappa shape index (κ3) is 4.57. The number of aryl methyl sites for hydroxylation is 1. The number of amides is 1. The number of anilines is 2. The lowest BCUT2D eigenvalue weighted by molar-refractivity contribution is -0.119. The van der Waals surface area contributed by atoms with Crippen LogP contribution in [-0.2, 0) is 4.79 Å². The van der Waals surface area contributed by atoms with Crippen LogP contribution in [0.3, 0.4) is 0 Å². The lowest BCUT2D eigenvalue weighted by Crippen LogP contribution is -2.32. The van der Waals surface area contributed by atoms with Crippen molar-refractivity contribution >= 4 is 17.7 Å². The summed E-state index contributed by atoms with van der Waals surface area (Å²) in [5, 5.41) is 8.71. The largest absolute Gasteiger partial charge is 0.361 e. The lowest BCUT2D eigenvalue weighted by atomic mass is 10.2. The van der Waals surface area contributed by atoms with Crippen LogP contribution >= 0.6 is 0 Å². The fourth-order valence-corrected chi connectivity index (χ4v) is 1.29. The maximum Gasteiger partial charge on any atom is 0.239 e. The molecule has 1 rings (SSSR count). The fourth-order valence-electron chi connectivity index (χ4n) is 1.29. The van der Waals surface area contributed by atoms with Gasteiger partial charge in [-0.3, -0.25) is 4.79 Å². The zero-order valence-electron chi connectivity index (χ0n) is 11.4. The normalized spacial score (nSPS) is 10.3. The van der Waals surface area contributed by atoms with E-state index in [1.54, 1.807) is 13.2 Å². The van der Waals surface area contributed by atoms with Crippen LogP contribution in [-0.4, -0.2) is 36.0 Å². The van der Waals surface area contributed by atoms with Gasteiger partial charge in [-0.25, -0.2) is 4.98 Å². The Morgan fingerprint density at radius 2 is 2.17 bits per heavy atom. The SMILES string of the molecule is CNc1ncc(C)c(NCC(=O)NCC(C)C)n1. The molecule has 0 bridgehead atoms. The Kier molecular flexibility index (Phi) is 5.35. The molecule has 0 saturated carbocycles. The summed E-state index contributed by atoms with van der Waals surface area (Å²) in [6, 6.07) is 0. The first-order valence-electron chi connectivity index (χ1n) is 6.05. The van der Waals surface area contributed by atoms with E-state index >= 15 is 0 Å². The molecule has 0 radical (unpaired) electrons. The van der Waals surface area contributed by atoms with Crippen molar-refractivity contribution in [3.8, 4) is 0 Å². The molecule has 6 heteroatoms. The van der Waals surface area contributed by atoms with Gasteiger partial charge in [0.1, 0.15) is 5.82 Å². The molecule has 1 aromatic heterocycles. The molecule has 6 nitrogen and oxygen atoms in total. The molecule has 0 unspecified atom stereocenters. The Balaban J connectivity index is 2.50. The average Bonchev–Trinajstić information content (AvgIpc) is 2.35. The molecule has 3 N–H and O–H groups in total. The molecule has 0 spiro atoms. The predicted octanol–water partition coefficient (Wildman–Crippen LogP) is 1.01. The molecule has 0 fully saturated rings. The minimum atomic E-state index is -0.0345. The van der Waals surface area contributed by atoms with E-state index in [4.69, 9.17) is 0 Å². The molecule has 1 amide bonds. The molecule has 1 aromatic rings. The molecule has 1 heterocycles. The number of carbonyl (C=O) groups is 1. The van der Waals surface area contributed by atoms with Crippen LogP contribution in [0.5, 0.6) is 0 Å². The van der Waals surface area contributed by atoms with Crippen LogP contribution in [0.2, 0.25) is 0 Å². The summed E-state index contributed by atoms with van der Waals surface area (Å²) in [6.45, 7) is 6.91. The summed E-state index contributed by atoms with van der Waals surface area (Å²) in [7, 11) is 1.75. The van der Waals surface area contributed by atoms with Gasteiger partial charge >= 0.3 is 0 Å². The van der Waals surface area contributed by atoms with E-state index in [9.17, 15) is 4.79 Å². The molecule has 0 atom stereocenters. The number of aromatic nitrogens is 2. The second kappa shape index (κ2) is 6.78. The topological polar surface area (TPSA) is 78.9 Å². The van der Waals surface area contributed by atoms with Gasteiger partial charge in [-0.2, -0.15) is 4.98 Å². The first-order valence-corrected chi connectivity index (χ1v) is 6.05. The number of hydrogen-bond donors (Lipinski definition) is 3. The maximum absolute atomic E-state index is 11.6. The first kappa shape index (κ1) is 14.2. The highest BCUT2D eigenvalue weighted by Gasteiger charge is 2.06. The third-order valence-corrected chi connectivity index (χ3v) is 2.32. The van der Waals surface area contributed by atoms with E-state index in [1.165, 1.54) is 0 Å². The van der Waals surface area contributed by atoms with Gasteiger partial charge in [0.15, 0.2) is 0 Å². The van der Waals surface area contributed by atoms with Gasteiger partial charge in [-0.15, -0.1) is 0 Å². The van der Waals surface area contributed by atoms with E-state index in [2.05, 4.69) is 39.8 Å². The molecular formula is C12H21N5O. The molecule has 18 heavy (non-hydrogen) atoms. The zero-order chi connectivity index (χ0) is 13.5. The van der Waals surface area contributed by atoms with Crippen molar-refractivity contribution in [2.45, 2.75) is 20.8 Å². The van der Waals surface area contributed by atoms with Crippen molar-refractivity contribution < 1.29 is 4.79 Å². The van der Waals surface area contributed by atoms with Crippen LogP contribution in [0.15, 0.2) is 6.20 Å². The van der Waals surface area contributed by atoms with Crippen LogP contribution in [0.25, 0.3) is 0 Å². The fraction of sp³-hybridized carbons (Fsp3) is 0.583. The van der Waals surface area contributed by atoms with Crippen molar-refractivity contribution in [1.82, 2.24) is 15.3 Å². The van der Waals surface area contributed by atoms with Crippen molar-refractivity contribution in [2.75, 3.05) is 30.8 Å². The zero-order valence-corrected chi connectivity index (χ0v) is 11.4. The molecular weight excluding hydrogens is 230 g/mol. The minimum Gasteiger partial charge on any atom is -0.361 e. The molecule has 0 saturated heterocycles. The highest BCUT2D eigenvalue weighted by atomic mass is 16.1. The number of hydrogen-bond acceptors (Lipinski definition) is 5. The lowest BCUT2D eigenvalue weighted by Gasteiger charge is -2.11. The molecule has 0 aromatic carbocycles. The van der Waals surface area contributed by atoms with Crippen LogP contribution in [0.1, 0.15) is 19.4 Å². The first-order chi connectivity index (χ1) is 8.52. The van der Waals surface area contributed by atoms with Gasteiger partial charge in [0.25, 0.3) is 0 Å². The van der Waals surface area contributed by atoms with Crippen molar-refractivity contribution in [2.24, 2.45) is 5.92 Å². The molecule has 100 valence electrons. The number of carbonyl (C=O) groups excluding carboxylic acids is 1. The standard InChI is InChI=1S/C12H21N5O/c1-8(2)5-14-10(18)7-15-11-9(3)6-16-12(13-4)17-11/h6,8H,5,7H2,1-4H3,(H,14,18)(H2,13,15,16,17). The summed E-state index contributed by atoms with van der Waals surface area (Å²) >= 11 is 0. The van der Waals surface area contributed by atoms with Gasteiger partial charge in [0.2, 0.25) is 11.9 Å². The number of rotatable bonds is 6. The molecule has 0 aliphatic carbocycles. The summed E-state index contributed by atoms with van der Waals surface area (Å²) < 4.78 is 0. The second-order valence-electron chi connectivity index (χ2n) is 4.53. The summed E-state index contributed by atoms with van der Waals surface area (Å²) in [6.07, 6.45) is 1.72. The van der Waals surface area contributed by atoms with Gasteiger partial charge in [-0.1, -0.05) is 13.8 Å². The Bertz CT molecular complexity index is 405. The predicted molar refractivity (Wildman–Crippen MR) is 72.7 cm³/mol. The quantitative estimate of drug-likeness (QED) is 0.703. The maximum atomic E-state index is 11.6. The second-order valence-corrected chi connectivity index (χ2v) is 4.53. The van der Waals surface area contributed by atoms with Crippen LogP contribution < -0.4 is 16.0 Å². The number of nitrogens with one attached hydrogen (secondary N) is 3.